The van der Waals surface area contributed by atoms with Gasteiger partial charge in [-0.15, -0.1) is 0 Å². The van der Waals surface area contributed by atoms with E-state index in [1.54, 1.807) is 23.1 Å². The fraction of sp³-hybridized carbons (Fsp3) is 0.500. The van der Waals surface area contributed by atoms with Gasteiger partial charge in [-0.05, 0) is 67.7 Å². The molecule has 1 aliphatic heterocycles. The molecule has 0 saturated heterocycles. The molecule has 1 heterocycles. The fourth-order valence-corrected chi connectivity index (χ4v) is 7.78. The number of nitrogens with one attached hydrogen (secondary N) is 1. The molecule has 7 atom stereocenters. The maximum Gasteiger partial charge on any atom is 0.247 e. The molecule has 2 aromatic rings. The highest BCUT2D eigenvalue weighted by Crippen LogP contribution is 2.52. The Kier molecular flexibility index (Phi) is 8.29. The van der Waals surface area contributed by atoms with Crippen molar-refractivity contribution in [2.45, 2.75) is 69.7 Å². The van der Waals surface area contributed by atoms with Crippen LogP contribution < -0.4 is 14.8 Å². The summed E-state index contributed by atoms with van der Waals surface area (Å²) < 4.78 is 11.8. The lowest BCUT2D eigenvalue weighted by molar-refractivity contribution is -0.139. The van der Waals surface area contributed by atoms with Gasteiger partial charge in [0.1, 0.15) is 18.5 Å². The molecule has 43 heavy (non-hydrogen) atoms. The van der Waals surface area contributed by atoms with Gasteiger partial charge in [-0.2, -0.15) is 0 Å². The standard InChI is InChI=1S/C34H40N2O7/c1-19-3-5-20(6-4-19)17-36(29(39)15-24-12-21-7-8-23(24)11-21)27-16-26(34(41)35-9-10-37)30-25-13-22(18-38)14-28(42-2)32(25)43-33(30)31(27)40/h3-6,13-14,16,18,21,23-24,27,30-31,33,37,40H,7-12,15,17H2,1-2H3,(H,35,41). The number of nitrogens with zero attached hydrogens (tertiary/aromatic N) is 1. The molecule has 228 valence electrons. The van der Waals surface area contributed by atoms with Gasteiger partial charge in [0.2, 0.25) is 11.8 Å². The Bertz CT molecular complexity index is 1420. The van der Waals surface area contributed by atoms with Crippen LogP contribution in [0.15, 0.2) is 48.0 Å². The average Bonchev–Trinajstić information content (AvgIpc) is 3.74. The Hall–Kier alpha value is -3.69. The Morgan fingerprint density at radius 1 is 1.16 bits per heavy atom. The van der Waals surface area contributed by atoms with Gasteiger partial charge in [0.25, 0.3) is 0 Å². The Morgan fingerprint density at radius 3 is 2.60 bits per heavy atom. The molecule has 2 aromatic carbocycles. The molecule has 9 nitrogen and oxygen atoms in total. The number of methoxy groups -OCH3 is 1. The largest absolute Gasteiger partial charge is 0.493 e. The first-order valence-electron chi connectivity index (χ1n) is 15.3. The SMILES string of the molecule is COc1cc(C=O)cc2c1OC1C2C(C(=O)NCCO)=CC(N(Cc2ccc(C)cc2)C(=O)CC2CC3CCC2C3)C1O. The van der Waals surface area contributed by atoms with Crippen LogP contribution in [0.5, 0.6) is 11.5 Å². The average molecular weight is 589 g/mol. The zero-order chi connectivity index (χ0) is 30.2. The Morgan fingerprint density at radius 2 is 1.95 bits per heavy atom. The van der Waals surface area contributed by atoms with E-state index in [4.69, 9.17) is 9.47 Å². The van der Waals surface area contributed by atoms with Crippen molar-refractivity contribution < 1.29 is 34.1 Å². The number of carbonyl (C=O) groups excluding carboxylic acids is 3. The van der Waals surface area contributed by atoms with E-state index in [0.717, 1.165) is 17.5 Å². The van der Waals surface area contributed by atoms with Gasteiger partial charge in [-0.25, -0.2) is 0 Å². The predicted molar refractivity (Wildman–Crippen MR) is 159 cm³/mol. The minimum atomic E-state index is -1.16. The number of rotatable bonds is 10. The first-order valence-corrected chi connectivity index (χ1v) is 15.3. The Labute approximate surface area is 251 Å². The topological polar surface area (TPSA) is 125 Å². The predicted octanol–water partition coefficient (Wildman–Crippen LogP) is 3.29. The monoisotopic (exact) mass is 588 g/mol. The maximum atomic E-state index is 14.2. The van der Waals surface area contributed by atoms with E-state index in [1.807, 2.05) is 31.2 Å². The van der Waals surface area contributed by atoms with Crippen molar-refractivity contribution in [3.63, 3.8) is 0 Å². The van der Waals surface area contributed by atoms with E-state index >= 15 is 0 Å². The van der Waals surface area contributed by atoms with Gasteiger partial charge in [-0.3, -0.25) is 14.4 Å². The van der Waals surface area contributed by atoms with Crippen molar-refractivity contribution in [3.8, 4) is 11.5 Å². The molecular formula is C34H40N2O7. The molecule has 9 heteroatoms. The van der Waals surface area contributed by atoms with Gasteiger partial charge >= 0.3 is 0 Å². The summed E-state index contributed by atoms with van der Waals surface area (Å²) in [6.45, 7) is 2.08. The lowest BCUT2D eigenvalue weighted by Crippen LogP contribution is -2.55. The summed E-state index contributed by atoms with van der Waals surface area (Å²) >= 11 is 0. The summed E-state index contributed by atoms with van der Waals surface area (Å²) in [6.07, 6.45) is 5.40. The van der Waals surface area contributed by atoms with Crippen LogP contribution in [0.1, 0.15) is 65.1 Å². The number of benzene rings is 2. The summed E-state index contributed by atoms with van der Waals surface area (Å²) in [5.74, 6) is 1.11. The van der Waals surface area contributed by atoms with Gasteiger partial charge < -0.3 is 29.9 Å². The summed E-state index contributed by atoms with van der Waals surface area (Å²) in [5, 5.41) is 24.1. The molecule has 0 radical (unpaired) electrons. The molecular weight excluding hydrogens is 548 g/mol. The molecule has 3 N–H and O–H groups in total. The summed E-state index contributed by atoms with van der Waals surface area (Å²) in [6, 6.07) is 10.3. The molecule has 2 fully saturated rings. The molecule has 6 rings (SSSR count). The quantitative estimate of drug-likeness (QED) is 0.364. The van der Waals surface area contributed by atoms with Gasteiger partial charge in [0.05, 0.1) is 25.7 Å². The molecule has 2 saturated carbocycles. The lowest BCUT2D eigenvalue weighted by Gasteiger charge is -2.41. The van der Waals surface area contributed by atoms with Crippen molar-refractivity contribution in [2.75, 3.05) is 20.3 Å². The molecule has 2 bridgehead atoms. The number of aldehydes is 1. The van der Waals surface area contributed by atoms with Crippen LogP contribution in [0.25, 0.3) is 0 Å². The van der Waals surface area contributed by atoms with E-state index in [-0.39, 0.29) is 25.6 Å². The van der Waals surface area contributed by atoms with Crippen molar-refractivity contribution in [1.29, 1.82) is 0 Å². The van der Waals surface area contributed by atoms with Gasteiger partial charge in [0, 0.05) is 36.2 Å². The highest BCUT2D eigenvalue weighted by atomic mass is 16.5. The lowest BCUT2D eigenvalue weighted by atomic mass is 9.77. The smallest absolute Gasteiger partial charge is 0.247 e. The normalized spacial score (nSPS) is 28.4. The second-order valence-corrected chi connectivity index (χ2v) is 12.5. The summed E-state index contributed by atoms with van der Waals surface area (Å²) in [7, 11) is 1.47. The molecule has 4 aliphatic rings. The van der Waals surface area contributed by atoms with Crippen LogP contribution >= 0.6 is 0 Å². The molecule has 2 amide bonds. The minimum Gasteiger partial charge on any atom is -0.493 e. The van der Waals surface area contributed by atoms with E-state index in [2.05, 4.69) is 5.32 Å². The van der Waals surface area contributed by atoms with E-state index < -0.39 is 30.1 Å². The van der Waals surface area contributed by atoms with Crippen LogP contribution in [0.3, 0.4) is 0 Å². The number of aryl methyl sites for hydroxylation is 1. The number of hydrogen-bond donors (Lipinski definition) is 3. The zero-order valence-electron chi connectivity index (χ0n) is 24.7. The third-order valence-corrected chi connectivity index (χ3v) is 9.89. The number of hydrogen-bond acceptors (Lipinski definition) is 7. The molecule has 0 spiro atoms. The van der Waals surface area contributed by atoms with Crippen LogP contribution in [0.2, 0.25) is 0 Å². The molecule has 3 aliphatic carbocycles. The van der Waals surface area contributed by atoms with Crippen LogP contribution in [0, 0.1) is 24.7 Å². The van der Waals surface area contributed by atoms with Crippen molar-refractivity contribution in [3.05, 3.63) is 70.3 Å². The van der Waals surface area contributed by atoms with Gasteiger partial charge in [-0.1, -0.05) is 36.2 Å². The third-order valence-electron chi connectivity index (χ3n) is 9.89. The number of amides is 2. The number of aliphatic hydroxyl groups excluding tert-OH is 2. The number of fused-ring (bicyclic) bond motifs is 5. The van der Waals surface area contributed by atoms with E-state index in [0.29, 0.717) is 58.7 Å². The number of carbonyl (C=O) groups is 3. The van der Waals surface area contributed by atoms with Crippen LogP contribution in [0.4, 0.5) is 0 Å². The van der Waals surface area contributed by atoms with E-state index in [1.165, 1.54) is 26.4 Å². The first-order chi connectivity index (χ1) is 20.8. The maximum absolute atomic E-state index is 14.2. The zero-order valence-corrected chi connectivity index (χ0v) is 24.7. The van der Waals surface area contributed by atoms with Crippen LogP contribution in [-0.2, 0) is 16.1 Å². The first kappa shape index (κ1) is 29.4. The molecule has 0 aromatic heterocycles. The van der Waals surface area contributed by atoms with Crippen LogP contribution in [-0.4, -0.2) is 71.7 Å². The second kappa shape index (κ2) is 12.1. The number of aliphatic hydroxyl groups is 2. The van der Waals surface area contributed by atoms with E-state index in [9.17, 15) is 24.6 Å². The molecule has 7 unspecified atom stereocenters. The summed E-state index contributed by atoms with van der Waals surface area (Å²) in [5.41, 5.74) is 3.27. The summed E-state index contributed by atoms with van der Waals surface area (Å²) in [4.78, 5) is 41.2. The highest BCUT2D eigenvalue weighted by molar-refractivity contribution is 5.96. The van der Waals surface area contributed by atoms with Crippen molar-refractivity contribution in [2.24, 2.45) is 17.8 Å². The second-order valence-electron chi connectivity index (χ2n) is 12.5. The third kappa shape index (κ3) is 5.56. The minimum absolute atomic E-state index is 0.0441. The van der Waals surface area contributed by atoms with Crippen molar-refractivity contribution in [1.82, 2.24) is 10.2 Å². The van der Waals surface area contributed by atoms with Gasteiger partial charge in [0.15, 0.2) is 11.5 Å². The highest BCUT2D eigenvalue weighted by Gasteiger charge is 2.52. The number of ether oxygens (including phenoxy) is 2. The fourth-order valence-electron chi connectivity index (χ4n) is 7.78. The van der Waals surface area contributed by atoms with Crippen molar-refractivity contribution >= 4 is 18.1 Å². The Balaban J connectivity index is 1.40.